The van der Waals surface area contributed by atoms with E-state index >= 15 is 0 Å². The highest BCUT2D eigenvalue weighted by Crippen LogP contribution is 2.29. The van der Waals surface area contributed by atoms with Crippen molar-refractivity contribution in [3.05, 3.63) is 95.4 Å². The van der Waals surface area contributed by atoms with E-state index in [4.69, 9.17) is 10.2 Å². The van der Waals surface area contributed by atoms with E-state index in [1.807, 2.05) is 54.6 Å². The molecule has 0 atom stereocenters. The summed E-state index contributed by atoms with van der Waals surface area (Å²) < 4.78 is 44.7. The Kier molecular flexibility index (Phi) is 7.63. The molecule has 1 fully saturated rings. The number of rotatable bonds is 8. The summed E-state index contributed by atoms with van der Waals surface area (Å²) in [6, 6.07) is 25.5. The number of anilines is 1. The van der Waals surface area contributed by atoms with Crippen LogP contribution in [0.15, 0.2) is 77.3 Å². The van der Waals surface area contributed by atoms with Gasteiger partial charge >= 0.3 is 12.1 Å². The maximum atomic E-state index is 12.7. The van der Waals surface area contributed by atoms with Gasteiger partial charge in [-0.2, -0.15) is 23.4 Å². The van der Waals surface area contributed by atoms with Gasteiger partial charge in [0.05, 0.1) is 29.2 Å². The fourth-order valence-corrected chi connectivity index (χ4v) is 5.26. The number of halogens is 3. The van der Waals surface area contributed by atoms with Crippen LogP contribution in [0.1, 0.15) is 35.4 Å². The van der Waals surface area contributed by atoms with Gasteiger partial charge in [0.1, 0.15) is 0 Å². The molecule has 0 saturated carbocycles. The summed E-state index contributed by atoms with van der Waals surface area (Å²) in [5.74, 6) is -0.569. The van der Waals surface area contributed by atoms with E-state index in [1.54, 1.807) is 12.1 Å². The van der Waals surface area contributed by atoms with Crippen LogP contribution in [-0.4, -0.2) is 50.3 Å². The lowest BCUT2D eigenvalue weighted by Crippen LogP contribution is -2.40. The minimum atomic E-state index is -4.66. The number of fused-ring (bicyclic) bond motifs is 1. The van der Waals surface area contributed by atoms with Crippen molar-refractivity contribution in [1.82, 2.24) is 24.6 Å². The van der Waals surface area contributed by atoms with Gasteiger partial charge in [0.25, 0.3) is 0 Å². The maximum Gasteiger partial charge on any atom is 0.471 e. The average Bonchev–Trinajstić information content (AvgIpc) is 3.64. The zero-order valence-corrected chi connectivity index (χ0v) is 22.7. The molecule has 1 aliphatic heterocycles. The van der Waals surface area contributed by atoms with Crippen LogP contribution in [0.5, 0.6) is 0 Å². The molecule has 0 bridgehead atoms. The lowest BCUT2D eigenvalue weighted by Gasteiger charge is -2.32. The van der Waals surface area contributed by atoms with Crippen LogP contribution in [0.2, 0.25) is 0 Å². The lowest BCUT2D eigenvalue weighted by molar-refractivity contribution is -0.159. The Morgan fingerprint density at radius 2 is 1.64 bits per heavy atom. The Balaban J connectivity index is 1.04. The second-order valence-electron chi connectivity index (χ2n) is 10.4. The van der Waals surface area contributed by atoms with Crippen LogP contribution >= 0.6 is 0 Å². The number of nitrogens with one attached hydrogen (secondary N) is 1. The van der Waals surface area contributed by atoms with Gasteiger partial charge in [-0.25, -0.2) is 4.98 Å². The van der Waals surface area contributed by atoms with Crippen LogP contribution in [0.25, 0.3) is 22.4 Å². The predicted octanol–water partition coefficient (Wildman–Crippen LogP) is 6.14. The highest BCUT2D eigenvalue weighted by atomic mass is 19.4. The Morgan fingerprint density at radius 3 is 2.33 bits per heavy atom. The van der Waals surface area contributed by atoms with E-state index in [0.29, 0.717) is 23.7 Å². The molecule has 6 rings (SSSR count). The zero-order valence-electron chi connectivity index (χ0n) is 22.7. The Bertz CT molecular complexity index is 1690. The van der Waals surface area contributed by atoms with Crippen LogP contribution in [0.4, 0.5) is 19.1 Å². The van der Waals surface area contributed by atoms with E-state index in [1.165, 1.54) is 0 Å². The first-order valence-electron chi connectivity index (χ1n) is 13.8. The third-order valence-corrected chi connectivity index (χ3v) is 7.60. The van der Waals surface area contributed by atoms with Gasteiger partial charge in [-0.1, -0.05) is 53.7 Å². The molecule has 0 radical (unpaired) electrons. The first-order chi connectivity index (χ1) is 20.4. The van der Waals surface area contributed by atoms with Crippen LogP contribution in [-0.2, 0) is 19.1 Å². The smallest absolute Gasteiger partial charge is 0.353 e. The highest BCUT2D eigenvalue weighted by molar-refractivity contribution is 5.78. The van der Waals surface area contributed by atoms with Crippen LogP contribution in [0, 0.1) is 11.3 Å². The number of hydrogen-bond acceptors (Lipinski definition) is 7. The molecule has 1 aliphatic rings. The first-order valence-corrected chi connectivity index (χ1v) is 13.8. The number of imidazole rings is 1. The molecule has 1 saturated heterocycles. The van der Waals surface area contributed by atoms with Gasteiger partial charge in [-0.3, -0.25) is 0 Å². The van der Waals surface area contributed by atoms with Gasteiger partial charge in [0.15, 0.2) is 0 Å². The molecular formula is C31H28F3N7O. The maximum absolute atomic E-state index is 12.7. The standard InChI is InChI=1S/C31H28F3N7O/c32-31(33,34)29-38-28(39-42-29)24-11-9-21(10-12-24)13-16-40-17-14-25(15-18-40)36-30-37-26-3-1-2-4-27(26)41(30)20-23-7-5-22(19-35)6-8-23/h1-12,25H,13-18,20H2,(H,36,37). The van der Waals surface area contributed by atoms with Crippen molar-refractivity contribution < 1.29 is 17.7 Å². The van der Waals surface area contributed by atoms with Gasteiger partial charge in [0.2, 0.25) is 11.8 Å². The largest absolute Gasteiger partial charge is 0.471 e. The predicted molar refractivity (Wildman–Crippen MR) is 152 cm³/mol. The molecule has 5 aromatic rings. The third kappa shape index (κ3) is 6.14. The van der Waals surface area contributed by atoms with Crippen molar-refractivity contribution in [2.45, 2.75) is 38.0 Å². The van der Waals surface area contributed by atoms with Crippen molar-refractivity contribution in [2.24, 2.45) is 0 Å². The first kappa shape index (κ1) is 27.5. The second kappa shape index (κ2) is 11.7. The van der Waals surface area contributed by atoms with E-state index in [9.17, 15) is 13.2 Å². The molecule has 2 aromatic heterocycles. The van der Waals surface area contributed by atoms with Crippen molar-refractivity contribution in [1.29, 1.82) is 5.26 Å². The number of nitrogens with zero attached hydrogens (tertiary/aromatic N) is 6. The third-order valence-electron chi connectivity index (χ3n) is 7.60. The summed E-state index contributed by atoms with van der Waals surface area (Å²) in [4.78, 5) is 10.8. The Hall–Kier alpha value is -4.69. The van der Waals surface area contributed by atoms with E-state index in [0.717, 1.165) is 67.0 Å². The number of alkyl halides is 3. The van der Waals surface area contributed by atoms with E-state index in [-0.39, 0.29) is 5.82 Å². The molecular weight excluding hydrogens is 543 g/mol. The number of piperidine rings is 1. The van der Waals surface area contributed by atoms with Crippen LogP contribution in [0.3, 0.4) is 0 Å². The van der Waals surface area contributed by atoms with Crippen molar-refractivity contribution in [2.75, 3.05) is 25.0 Å². The molecule has 0 aliphatic carbocycles. The molecule has 214 valence electrons. The normalized spacial score (nSPS) is 14.7. The van der Waals surface area contributed by atoms with E-state index in [2.05, 4.69) is 41.6 Å². The monoisotopic (exact) mass is 571 g/mol. The number of likely N-dealkylation sites (tertiary alicyclic amines) is 1. The van der Waals surface area contributed by atoms with Crippen molar-refractivity contribution in [3.8, 4) is 17.5 Å². The fraction of sp³-hybridized carbons (Fsp3) is 0.290. The number of nitriles is 1. The molecule has 1 N–H and O–H groups in total. The van der Waals surface area contributed by atoms with Gasteiger partial charge < -0.3 is 19.3 Å². The van der Waals surface area contributed by atoms with Gasteiger partial charge in [0, 0.05) is 31.2 Å². The highest BCUT2D eigenvalue weighted by Gasteiger charge is 2.38. The van der Waals surface area contributed by atoms with Crippen LogP contribution < -0.4 is 5.32 Å². The molecule has 8 nitrogen and oxygen atoms in total. The molecule has 3 aromatic carbocycles. The quantitative estimate of drug-likeness (QED) is 0.239. The minimum Gasteiger partial charge on any atom is -0.353 e. The SMILES string of the molecule is N#Cc1ccc(Cn2c(NC3CCN(CCc4ccc(-c5noc(C(F)(F)F)n5)cc4)CC3)nc3ccccc32)cc1. The number of hydrogen-bond donors (Lipinski definition) is 1. The van der Waals surface area contributed by atoms with Gasteiger partial charge in [-0.15, -0.1) is 0 Å². The molecule has 3 heterocycles. The Labute approximate surface area is 240 Å². The van der Waals surface area contributed by atoms with Gasteiger partial charge in [-0.05, 0) is 54.7 Å². The van der Waals surface area contributed by atoms with E-state index < -0.39 is 12.1 Å². The molecule has 42 heavy (non-hydrogen) atoms. The lowest BCUT2D eigenvalue weighted by atomic mass is 10.0. The van der Waals surface area contributed by atoms with Crippen molar-refractivity contribution >= 4 is 17.0 Å². The summed E-state index contributed by atoms with van der Waals surface area (Å²) >= 11 is 0. The number of para-hydroxylation sites is 2. The summed E-state index contributed by atoms with van der Waals surface area (Å²) in [5.41, 5.74) is 5.32. The molecule has 0 unspecified atom stereocenters. The number of aromatic nitrogens is 4. The summed E-state index contributed by atoms with van der Waals surface area (Å²) in [7, 11) is 0. The summed E-state index contributed by atoms with van der Waals surface area (Å²) in [5, 5.41) is 16.3. The summed E-state index contributed by atoms with van der Waals surface area (Å²) in [6.07, 6.45) is -1.86. The minimum absolute atomic E-state index is 0.0751. The summed E-state index contributed by atoms with van der Waals surface area (Å²) in [6.45, 7) is 3.45. The molecule has 0 amide bonds. The molecule has 11 heteroatoms. The van der Waals surface area contributed by atoms with Crippen molar-refractivity contribution in [3.63, 3.8) is 0 Å². The zero-order chi connectivity index (χ0) is 29.1. The number of benzene rings is 3. The Morgan fingerprint density at radius 1 is 0.929 bits per heavy atom. The molecule has 0 spiro atoms. The average molecular weight is 572 g/mol. The second-order valence-corrected chi connectivity index (χ2v) is 10.4. The topological polar surface area (TPSA) is 95.8 Å². The fourth-order valence-electron chi connectivity index (χ4n) is 5.26.